The molecule has 0 saturated carbocycles. The quantitative estimate of drug-likeness (QED) is 0.602. The summed E-state index contributed by atoms with van der Waals surface area (Å²) in [5.74, 6) is 1.05. The van der Waals surface area contributed by atoms with Gasteiger partial charge < -0.3 is 14.5 Å². The smallest absolute Gasteiger partial charge is 0.348 e. The van der Waals surface area contributed by atoms with Gasteiger partial charge in [-0.1, -0.05) is 12.1 Å². The minimum Gasteiger partial charge on any atom is -0.494 e. The van der Waals surface area contributed by atoms with Crippen LogP contribution in [0.2, 0.25) is 0 Å². The van der Waals surface area contributed by atoms with Crippen molar-refractivity contribution < 1.29 is 14.3 Å². The van der Waals surface area contributed by atoms with Gasteiger partial charge in [-0.15, -0.1) is 11.3 Å². The number of thiophene rings is 1. The predicted molar refractivity (Wildman–Crippen MR) is 116 cm³/mol. The zero-order valence-electron chi connectivity index (χ0n) is 17.4. The van der Waals surface area contributed by atoms with Gasteiger partial charge in [-0.3, -0.25) is 9.69 Å². The number of likely N-dealkylation sites (tertiary alicyclic amines) is 1. The van der Waals surface area contributed by atoms with Gasteiger partial charge in [0.2, 0.25) is 0 Å². The number of aromatic amines is 1. The molecule has 2 aromatic heterocycles. The van der Waals surface area contributed by atoms with Crippen LogP contribution in [-0.2, 0) is 11.3 Å². The fourth-order valence-corrected chi connectivity index (χ4v) is 5.21. The van der Waals surface area contributed by atoms with E-state index in [2.05, 4.69) is 27.0 Å². The lowest BCUT2D eigenvalue weighted by Crippen LogP contribution is -2.25. The summed E-state index contributed by atoms with van der Waals surface area (Å²) in [5, 5.41) is 0.466. The van der Waals surface area contributed by atoms with Crippen molar-refractivity contribution in [3.63, 3.8) is 0 Å². The summed E-state index contributed by atoms with van der Waals surface area (Å²) >= 11 is 1.21. The number of aromatic nitrogens is 2. The number of carbonyl (C=O) groups excluding carboxylic acids is 1. The van der Waals surface area contributed by atoms with E-state index < -0.39 is 5.97 Å². The van der Waals surface area contributed by atoms with E-state index in [9.17, 15) is 9.59 Å². The Morgan fingerprint density at radius 3 is 2.80 bits per heavy atom. The van der Waals surface area contributed by atoms with Gasteiger partial charge in [0.25, 0.3) is 5.56 Å². The molecule has 1 aromatic carbocycles. The molecule has 158 valence electrons. The van der Waals surface area contributed by atoms with Crippen LogP contribution in [0.3, 0.4) is 0 Å². The van der Waals surface area contributed by atoms with Crippen molar-refractivity contribution in [2.24, 2.45) is 0 Å². The molecule has 30 heavy (non-hydrogen) atoms. The van der Waals surface area contributed by atoms with E-state index in [-0.39, 0.29) is 11.6 Å². The van der Waals surface area contributed by atoms with Crippen molar-refractivity contribution >= 4 is 27.5 Å². The summed E-state index contributed by atoms with van der Waals surface area (Å²) in [5.41, 5.74) is 1.64. The largest absolute Gasteiger partial charge is 0.494 e. The minimum absolute atomic E-state index is 0.212. The normalized spacial score (nSPS) is 16.8. The van der Waals surface area contributed by atoms with Crippen molar-refractivity contribution in [2.45, 2.75) is 39.3 Å². The van der Waals surface area contributed by atoms with Crippen LogP contribution in [0.4, 0.5) is 0 Å². The number of rotatable bonds is 6. The van der Waals surface area contributed by atoms with Crippen molar-refractivity contribution in [1.29, 1.82) is 0 Å². The number of esters is 1. The highest BCUT2D eigenvalue weighted by Gasteiger charge is 2.27. The molecule has 1 aliphatic heterocycles. The summed E-state index contributed by atoms with van der Waals surface area (Å²) in [6.45, 7) is 5.87. The summed E-state index contributed by atoms with van der Waals surface area (Å²) in [4.78, 5) is 35.6. The Labute approximate surface area is 178 Å². The summed E-state index contributed by atoms with van der Waals surface area (Å²) < 4.78 is 10.4. The Bertz CT molecular complexity index is 1120. The first-order valence-electron chi connectivity index (χ1n) is 10.1. The molecule has 8 heteroatoms. The van der Waals surface area contributed by atoms with Gasteiger partial charge in [0, 0.05) is 6.04 Å². The second kappa shape index (κ2) is 8.57. The zero-order valence-corrected chi connectivity index (χ0v) is 18.2. The standard InChI is InChI=1S/C22H25N3O4S/c1-4-29-15-9-7-14(8-10-15)16-6-5-11-25(16)12-17-23-20(26)18-13(2)19(22(27)28-3)30-21(18)24-17/h7-10,16H,4-6,11-12H2,1-3H3,(H,23,24,26). The Balaban J connectivity index is 1.60. The van der Waals surface area contributed by atoms with Crippen LogP contribution in [0.1, 0.15) is 52.4 Å². The fourth-order valence-electron chi connectivity index (χ4n) is 4.09. The predicted octanol–water partition coefficient (Wildman–Crippen LogP) is 3.82. The Morgan fingerprint density at radius 1 is 1.33 bits per heavy atom. The lowest BCUT2D eigenvalue weighted by molar-refractivity contribution is 0.0605. The number of methoxy groups -OCH3 is 1. The molecule has 1 N–H and O–H groups in total. The third kappa shape index (κ3) is 3.85. The number of ether oxygens (including phenoxy) is 2. The molecule has 7 nitrogen and oxygen atoms in total. The van der Waals surface area contributed by atoms with Crippen LogP contribution in [-0.4, -0.2) is 41.1 Å². The number of nitrogens with one attached hydrogen (secondary N) is 1. The molecule has 1 saturated heterocycles. The van der Waals surface area contributed by atoms with Crippen molar-refractivity contribution in [3.8, 4) is 5.75 Å². The maximum Gasteiger partial charge on any atom is 0.348 e. The first-order valence-corrected chi connectivity index (χ1v) is 10.9. The van der Waals surface area contributed by atoms with Gasteiger partial charge in [-0.05, 0) is 56.5 Å². The number of aryl methyl sites for hydroxylation is 1. The van der Waals surface area contributed by atoms with Gasteiger partial charge in [0.15, 0.2) is 0 Å². The molecule has 3 aromatic rings. The van der Waals surface area contributed by atoms with Crippen LogP contribution in [0, 0.1) is 6.92 Å². The summed E-state index contributed by atoms with van der Waals surface area (Å²) in [6, 6.07) is 8.50. The molecular weight excluding hydrogens is 402 g/mol. The molecule has 0 spiro atoms. The topological polar surface area (TPSA) is 84.5 Å². The van der Waals surface area contributed by atoms with Crippen LogP contribution in [0.5, 0.6) is 5.75 Å². The minimum atomic E-state index is -0.438. The highest BCUT2D eigenvalue weighted by molar-refractivity contribution is 7.20. The lowest BCUT2D eigenvalue weighted by atomic mass is 10.0. The highest BCUT2D eigenvalue weighted by Crippen LogP contribution is 2.34. The maximum atomic E-state index is 12.7. The molecule has 1 fully saturated rings. The van der Waals surface area contributed by atoms with E-state index in [1.54, 1.807) is 6.92 Å². The van der Waals surface area contributed by atoms with E-state index in [1.807, 2.05) is 19.1 Å². The first-order chi connectivity index (χ1) is 14.5. The van der Waals surface area contributed by atoms with E-state index in [4.69, 9.17) is 9.47 Å². The van der Waals surface area contributed by atoms with Crippen LogP contribution in [0.15, 0.2) is 29.1 Å². The molecule has 0 radical (unpaired) electrons. The number of fused-ring (bicyclic) bond motifs is 1. The highest BCUT2D eigenvalue weighted by atomic mass is 32.1. The summed E-state index contributed by atoms with van der Waals surface area (Å²) in [6.07, 6.45) is 2.15. The maximum absolute atomic E-state index is 12.7. The van der Waals surface area contributed by atoms with Gasteiger partial charge in [0.05, 0.1) is 25.6 Å². The van der Waals surface area contributed by atoms with Crippen molar-refractivity contribution in [2.75, 3.05) is 20.3 Å². The Kier molecular flexibility index (Phi) is 5.87. The lowest BCUT2D eigenvalue weighted by Gasteiger charge is -2.24. The number of nitrogens with zero attached hydrogens (tertiary/aromatic N) is 2. The van der Waals surface area contributed by atoms with Gasteiger partial charge in [-0.25, -0.2) is 9.78 Å². The van der Waals surface area contributed by atoms with Crippen LogP contribution in [0.25, 0.3) is 10.2 Å². The van der Waals surface area contributed by atoms with Crippen molar-refractivity contribution in [3.05, 3.63) is 56.4 Å². The first kappa shape index (κ1) is 20.6. The molecule has 4 rings (SSSR count). The number of carbonyl (C=O) groups is 1. The van der Waals surface area contributed by atoms with Gasteiger partial charge in [-0.2, -0.15) is 0 Å². The fraction of sp³-hybridized carbons (Fsp3) is 0.409. The monoisotopic (exact) mass is 427 g/mol. The average molecular weight is 428 g/mol. The SMILES string of the molecule is CCOc1ccc(C2CCCN2Cc2nc3sc(C(=O)OC)c(C)c3c(=O)[nH]2)cc1. The molecule has 3 heterocycles. The molecule has 1 unspecified atom stereocenters. The third-order valence-corrected chi connectivity index (χ3v) is 6.68. The van der Waals surface area contributed by atoms with Crippen molar-refractivity contribution in [1.82, 2.24) is 14.9 Å². The summed E-state index contributed by atoms with van der Waals surface area (Å²) in [7, 11) is 1.34. The average Bonchev–Trinajstić information content (AvgIpc) is 3.33. The van der Waals surface area contributed by atoms with E-state index in [0.717, 1.165) is 25.1 Å². The zero-order chi connectivity index (χ0) is 21.3. The Morgan fingerprint density at radius 2 is 2.10 bits per heavy atom. The van der Waals surface area contributed by atoms with E-state index in [0.29, 0.717) is 39.6 Å². The molecule has 1 atom stereocenters. The third-order valence-electron chi connectivity index (χ3n) is 5.51. The van der Waals surface area contributed by atoms with Crippen LogP contribution < -0.4 is 10.3 Å². The Hall–Kier alpha value is -2.71. The van der Waals surface area contributed by atoms with E-state index in [1.165, 1.54) is 24.0 Å². The van der Waals surface area contributed by atoms with E-state index >= 15 is 0 Å². The van der Waals surface area contributed by atoms with Gasteiger partial charge >= 0.3 is 5.97 Å². The number of hydrogen-bond acceptors (Lipinski definition) is 7. The molecule has 0 amide bonds. The molecule has 0 bridgehead atoms. The molecule has 1 aliphatic rings. The molecule has 0 aliphatic carbocycles. The number of benzene rings is 1. The molecular formula is C22H25N3O4S. The number of H-pyrrole nitrogens is 1. The van der Waals surface area contributed by atoms with Gasteiger partial charge in [0.1, 0.15) is 21.3 Å². The second-order valence-electron chi connectivity index (χ2n) is 7.37. The van der Waals surface area contributed by atoms with Crippen LogP contribution >= 0.6 is 11.3 Å². The number of hydrogen-bond donors (Lipinski definition) is 1. The second-order valence-corrected chi connectivity index (χ2v) is 8.37.